The predicted molar refractivity (Wildman–Crippen MR) is 119 cm³/mol. The van der Waals surface area contributed by atoms with E-state index in [0.29, 0.717) is 29.2 Å². The van der Waals surface area contributed by atoms with Crippen molar-refractivity contribution in [3.05, 3.63) is 59.8 Å². The second-order valence-corrected chi connectivity index (χ2v) is 7.60. The van der Waals surface area contributed by atoms with Crippen molar-refractivity contribution in [3.8, 4) is 0 Å². The summed E-state index contributed by atoms with van der Waals surface area (Å²) in [4.78, 5) is 20.0. The van der Waals surface area contributed by atoms with Crippen LogP contribution in [0.3, 0.4) is 0 Å². The molecule has 3 aromatic rings. The van der Waals surface area contributed by atoms with E-state index in [1.54, 1.807) is 18.6 Å². The maximum absolute atomic E-state index is 6.28. The Morgan fingerprint density at radius 1 is 0.966 bits per heavy atom. The van der Waals surface area contributed by atoms with Crippen LogP contribution in [0.2, 0.25) is 5.15 Å². The van der Waals surface area contributed by atoms with Crippen LogP contribution in [0, 0.1) is 0 Å². The zero-order valence-electron chi connectivity index (χ0n) is 17.1. The van der Waals surface area contributed by atoms with Gasteiger partial charge in [0.05, 0.1) is 18.4 Å². The summed E-state index contributed by atoms with van der Waals surface area (Å²) >= 11 is 6.28. The van der Waals surface area contributed by atoms with Gasteiger partial charge in [-0.3, -0.25) is 0 Å². The van der Waals surface area contributed by atoms with Gasteiger partial charge >= 0.3 is 0 Å². The second kappa shape index (κ2) is 9.52. The normalized spacial score (nSPS) is 11.0. The van der Waals surface area contributed by atoms with Gasteiger partial charge in [0.15, 0.2) is 22.6 Å². The summed E-state index contributed by atoms with van der Waals surface area (Å²) < 4.78 is 0. The monoisotopic (exact) mass is 411 g/mol. The molecule has 2 heterocycles. The first-order chi connectivity index (χ1) is 13.9. The molecular formula is C21H26ClN7. The van der Waals surface area contributed by atoms with Gasteiger partial charge in [-0.05, 0) is 39.8 Å². The fourth-order valence-electron chi connectivity index (χ4n) is 2.81. The highest BCUT2D eigenvalue weighted by Gasteiger charge is 2.18. The van der Waals surface area contributed by atoms with Crippen molar-refractivity contribution >= 4 is 34.7 Å². The van der Waals surface area contributed by atoms with Gasteiger partial charge in [-0.1, -0.05) is 29.8 Å². The number of halogens is 1. The van der Waals surface area contributed by atoms with Gasteiger partial charge in [0, 0.05) is 30.2 Å². The van der Waals surface area contributed by atoms with Gasteiger partial charge < -0.3 is 15.5 Å². The third-order valence-electron chi connectivity index (χ3n) is 4.15. The number of anilines is 4. The molecular weight excluding hydrogens is 386 g/mol. The van der Waals surface area contributed by atoms with Crippen LogP contribution in [0.15, 0.2) is 48.9 Å². The Morgan fingerprint density at radius 3 is 2.34 bits per heavy atom. The number of hydrogen-bond donors (Lipinski definition) is 2. The highest BCUT2D eigenvalue weighted by atomic mass is 35.5. The minimum atomic E-state index is 0.157. The Balaban J connectivity index is 1.92. The zero-order valence-corrected chi connectivity index (χ0v) is 17.9. The maximum Gasteiger partial charge on any atom is 0.173 e. The van der Waals surface area contributed by atoms with Crippen molar-refractivity contribution in [1.82, 2.24) is 19.9 Å². The molecule has 0 radical (unpaired) electrons. The smallest absolute Gasteiger partial charge is 0.173 e. The number of nitrogens with one attached hydrogen (secondary N) is 2. The number of para-hydroxylation sites is 1. The molecule has 3 rings (SSSR count). The van der Waals surface area contributed by atoms with Crippen LogP contribution < -0.4 is 15.5 Å². The fraction of sp³-hybridized carbons (Fsp3) is 0.333. The molecule has 2 aromatic heterocycles. The van der Waals surface area contributed by atoms with Gasteiger partial charge in [0.25, 0.3) is 0 Å². The van der Waals surface area contributed by atoms with E-state index in [0.717, 1.165) is 11.4 Å². The van der Waals surface area contributed by atoms with Gasteiger partial charge in [0.2, 0.25) is 0 Å². The van der Waals surface area contributed by atoms with Crippen LogP contribution in [0.1, 0.15) is 33.4 Å². The van der Waals surface area contributed by atoms with Crippen LogP contribution in [-0.4, -0.2) is 32.0 Å². The minimum Gasteiger partial charge on any atom is -0.365 e. The van der Waals surface area contributed by atoms with Gasteiger partial charge in [-0.2, -0.15) is 0 Å². The van der Waals surface area contributed by atoms with E-state index in [9.17, 15) is 0 Å². The lowest BCUT2D eigenvalue weighted by atomic mass is 10.2. The van der Waals surface area contributed by atoms with Gasteiger partial charge in [-0.15, -0.1) is 0 Å². The molecule has 2 N–H and O–H groups in total. The molecule has 1 aromatic carbocycles. The number of rotatable bonds is 8. The quantitative estimate of drug-likeness (QED) is 0.545. The molecule has 7 nitrogen and oxygen atoms in total. The first kappa shape index (κ1) is 20.8. The Morgan fingerprint density at radius 2 is 1.69 bits per heavy atom. The SMILES string of the molecule is CC(C)Nc1ncc(CN(c2nccnc2Cl)C(C)C)nc1Nc1ccccc1. The average Bonchev–Trinajstić information content (AvgIpc) is 2.69. The molecule has 0 aliphatic heterocycles. The van der Waals surface area contributed by atoms with E-state index in [2.05, 4.69) is 58.2 Å². The van der Waals surface area contributed by atoms with Crippen LogP contribution >= 0.6 is 11.6 Å². The Bertz CT molecular complexity index is 931. The van der Waals surface area contributed by atoms with Gasteiger partial charge in [0.1, 0.15) is 0 Å². The summed E-state index contributed by atoms with van der Waals surface area (Å²) in [7, 11) is 0. The van der Waals surface area contributed by atoms with E-state index < -0.39 is 0 Å². The van der Waals surface area contributed by atoms with Crippen LogP contribution in [-0.2, 0) is 6.54 Å². The first-order valence-electron chi connectivity index (χ1n) is 9.61. The third-order valence-corrected chi connectivity index (χ3v) is 4.41. The lowest BCUT2D eigenvalue weighted by Gasteiger charge is -2.28. The molecule has 0 spiro atoms. The lowest BCUT2D eigenvalue weighted by Crippen LogP contribution is -2.32. The number of benzene rings is 1. The highest BCUT2D eigenvalue weighted by molar-refractivity contribution is 6.31. The molecule has 8 heteroatoms. The predicted octanol–water partition coefficient (Wildman–Crippen LogP) is 4.90. The largest absolute Gasteiger partial charge is 0.365 e. The molecule has 29 heavy (non-hydrogen) atoms. The topological polar surface area (TPSA) is 78.9 Å². The first-order valence-corrected chi connectivity index (χ1v) is 9.99. The number of aromatic nitrogens is 4. The van der Waals surface area contributed by atoms with Crippen molar-refractivity contribution < 1.29 is 0 Å². The van der Waals surface area contributed by atoms with E-state index >= 15 is 0 Å². The summed E-state index contributed by atoms with van der Waals surface area (Å²) in [5, 5.41) is 7.08. The average molecular weight is 412 g/mol. The third kappa shape index (κ3) is 5.54. The van der Waals surface area contributed by atoms with Crippen LogP contribution in [0.4, 0.5) is 23.1 Å². The fourth-order valence-corrected chi connectivity index (χ4v) is 3.02. The molecule has 0 fully saturated rings. The molecule has 0 bridgehead atoms. The minimum absolute atomic E-state index is 0.157. The number of nitrogens with zero attached hydrogens (tertiary/aromatic N) is 5. The van der Waals surface area contributed by atoms with E-state index in [1.807, 2.05) is 30.3 Å². The molecule has 0 aliphatic carbocycles. The zero-order chi connectivity index (χ0) is 20.8. The van der Waals surface area contributed by atoms with Crippen molar-refractivity contribution in [1.29, 1.82) is 0 Å². The molecule has 0 atom stereocenters. The van der Waals surface area contributed by atoms with Crippen molar-refractivity contribution in [2.75, 3.05) is 15.5 Å². The summed E-state index contributed by atoms with van der Waals surface area (Å²) in [6.45, 7) is 8.80. The highest BCUT2D eigenvalue weighted by Crippen LogP contribution is 2.26. The Hall–Kier alpha value is -2.93. The van der Waals surface area contributed by atoms with E-state index in [4.69, 9.17) is 16.6 Å². The van der Waals surface area contributed by atoms with E-state index in [1.165, 1.54) is 0 Å². The van der Waals surface area contributed by atoms with Crippen LogP contribution in [0.25, 0.3) is 0 Å². The van der Waals surface area contributed by atoms with Crippen molar-refractivity contribution in [2.24, 2.45) is 0 Å². The second-order valence-electron chi connectivity index (χ2n) is 7.24. The Labute approximate surface area is 176 Å². The standard InChI is InChI=1S/C21H26ClN7/c1-14(2)26-19-20(27-16-8-6-5-7-9-16)28-17(12-25-19)13-29(15(3)4)21-18(22)23-10-11-24-21/h5-12,14-15H,13H2,1-4H3,(H,25,26)(H,27,28). The van der Waals surface area contributed by atoms with Crippen molar-refractivity contribution in [3.63, 3.8) is 0 Å². The molecule has 152 valence electrons. The van der Waals surface area contributed by atoms with Crippen LogP contribution in [0.5, 0.6) is 0 Å². The lowest BCUT2D eigenvalue weighted by molar-refractivity contribution is 0.661. The summed E-state index contributed by atoms with van der Waals surface area (Å²) in [6.07, 6.45) is 5.00. The summed E-state index contributed by atoms with van der Waals surface area (Å²) in [5.74, 6) is 2.02. The molecule has 0 amide bonds. The molecule has 0 unspecified atom stereocenters. The molecule has 0 saturated heterocycles. The van der Waals surface area contributed by atoms with E-state index in [-0.39, 0.29) is 12.1 Å². The van der Waals surface area contributed by atoms with Crippen molar-refractivity contribution in [2.45, 2.75) is 46.3 Å². The molecule has 0 aliphatic rings. The summed E-state index contributed by atoms with van der Waals surface area (Å²) in [5.41, 5.74) is 1.75. The number of hydrogen-bond acceptors (Lipinski definition) is 7. The maximum atomic E-state index is 6.28. The molecule has 0 saturated carbocycles. The van der Waals surface area contributed by atoms with Gasteiger partial charge in [-0.25, -0.2) is 19.9 Å². The Kier molecular flexibility index (Phi) is 6.82. The summed E-state index contributed by atoms with van der Waals surface area (Å²) in [6, 6.07) is 10.3.